The maximum Gasteiger partial charge on any atom is 0.335 e. The number of hydrogen-bond acceptors (Lipinski definition) is 3. The van der Waals surface area contributed by atoms with Gasteiger partial charge in [-0.05, 0) is 18.1 Å². The second-order valence-corrected chi connectivity index (χ2v) is 4.54. The van der Waals surface area contributed by atoms with Gasteiger partial charge in [0.2, 0.25) is 0 Å². The van der Waals surface area contributed by atoms with Crippen LogP contribution in [-0.4, -0.2) is 35.0 Å². The molecule has 0 unspecified atom stereocenters. The Morgan fingerprint density at radius 2 is 2.00 bits per heavy atom. The van der Waals surface area contributed by atoms with Crippen molar-refractivity contribution in [3.8, 4) is 0 Å². The van der Waals surface area contributed by atoms with E-state index in [-0.39, 0.29) is 17.3 Å². The number of anilines is 1. The number of pyridine rings is 1. The summed E-state index contributed by atoms with van der Waals surface area (Å²) in [6, 6.07) is 2.33. The van der Waals surface area contributed by atoms with Crippen molar-refractivity contribution in [1.82, 2.24) is 4.98 Å². The molecule has 8 heteroatoms. The van der Waals surface area contributed by atoms with Gasteiger partial charge in [0.15, 0.2) is 0 Å². The van der Waals surface area contributed by atoms with Gasteiger partial charge in [-0.3, -0.25) is 0 Å². The van der Waals surface area contributed by atoms with Gasteiger partial charge in [0.05, 0.1) is 12.1 Å². The Bertz CT molecular complexity index is 492. The van der Waals surface area contributed by atoms with Crippen LogP contribution in [0.4, 0.5) is 23.4 Å². The molecule has 0 bridgehead atoms. The number of alkyl halides is 4. The van der Waals surface area contributed by atoms with Gasteiger partial charge < -0.3 is 10.4 Å². The number of carboxylic acids is 1. The first kappa shape index (κ1) is 16.2. The Balaban J connectivity index is 2.97. The lowest BCUT2D eigenvalue weighted by Crippen LogP contribution is -2.35. The van der Waals surface area contributed by atoms with Gasteiger partial charge in [-0.2, -0.15) is 8.78 Å². The van der Waals surface area contributed by atoms with Crippen LogP contribution in [0.1, 0.15) is 35.8 Å². The number of nitrogens with one attached hydrogen (secondary N) is 1. The molecule has 0 aromatic carbocycles. The highest BCUT2D eigenvalue weighted by Gasteiger charge is 2.40. The number of carboxylic acid groups (broad SMARTS) is 1. The van der Waals surface area contributed by atoms with Gasteiger partial charge in [-0.15, -0.1) is 0 Å². The fourth-order valence-electron chi connectivity index (χ4n) is 1.35. The van der Waals surface area contributed by atoms with Crippen molar-refractivity contribution in [2.75, 3.05) is 11.9 Å². The number of nitrogens with zero attached hydrogens (tertiary/aromatic N) is 1. The highest BCUT2D eigenvalue weighted by atomic mass is 19.3. The molecule has 1 rings (SSSR count). The van der Waals surface area contributed by atoms with E-state index in [0.29, 0.717) is 5.69 Å². The molecule has 1 aromatic heterocycles. The first-order valence-electron chi connectivity index (χ1n) is 5.78. The average Bonchev–Trinajstić information content (AvgIpc) is 2.35. The quantitative estimate of drug-likeness (QED) is 0.791. The third kappa shape index (κ3) is 4.07. The predicted molar refractivity (Wildman–Crippen MR) is 64.7 cm³/mol. The van der Waals surface area contributed by atoms with E-state index >= 15 is 0 Å². The molecule has 0 saturated carbocycles. The van der Waals surface area contributed by atoms with Crippen molar-refractivity contribution in [3.05, 3.63) is 23.4 Å². The first-order chi connectivity index (χ1) is 9.13. The molecule has 0 saturated heterocycles. The molecule has 0 aliphatic rings. The fraction of sp³-hybridized carbons (Fsp3) is 0.500. The molecular formula is C12H14F4N2O2. The zero-order chi connectivity index (χ0) is 15.5. The van der Waals surface area contributed by atoms with Gasteiger partial charge in [-0.1, -0.05) is 13.8 Å². The van der Waals surface area contributed by atoms with Gasteiger partial charge in [0.25, 0.3) is 0 Å². The SMILES string of the molecule is CC(C)c1cc(C(=O)O)cc(NCC(F)(F)C(F)F)n1. The molecule has 1 aromatic rings. The third-order valence-electron chi connectivity index (χ3n) is 2.51. The van der Waals surface area contributed by atoms with Crippen LogP contribution >= 0.6 is 0 Å². The molecule has 0 spiro atoms. The molecule has 20 heavy (non-hydrogen) atoms. The highest BCUT2D eigenvalue weighted by Crippen LogP contribution is 2.24. The Morgan fingerprint density at radius 3 is 2.45 bits per heavy atom. The fourth-order valence-corrected chi connectivity index (χ4v) is 1.35. The van der Waals surface area contributed by atoms with Crippen molar-refractivity contribution in [1.29, 1.82) is 0 Å². The number of hydrogen-bond donors (Lipinski definition) is 2. The molecule has 112 valence electrons. The molecule has 0 radical (unpaired) electrons. The number of rotatable bonds is 6. The Kier molecular flexibility index (Phi) is 4.91. The van der Waals surface area contributed by atoms with Crippen molar-refractivity contribution >= 4 is 11.8 Å². The lowest BCUT2D eigenvalue weighted by molar-refractivity contribution is -0.117. The number of aromatic nitrogens is 1. The Morgan fingerprint density at radius 1 is 1.40 bits per heavy atom. The lowest BCUT2D eigenvalue weighted by atomic mass is 10.1. The zero-order valence-corrected chi connectivity index (χ0v) is 10.8. The van der Waals surface area contributed by atoms with Crippen LogP contribution in [0.5, 0.6) is 0 Å². The minimum atomic E-state index is -4.21. The summed E-state index contributed by atoms with van der Waals surface area (Å²) < 4.78 is 49.6. The van der Waals surface area contributed by atoms with E-state index in [1.807, 2.05) is 0 Å². The minimum absolute atomic E-state index is 0.134. The summed E-state index contributed by atoms with van der Waals surface area (Å²) >= 11 is 0. The standard InChI is InChI=1S/C12H14F4N2O2/c1-6(2)8-3-7(10(19)20)4-9(18-8)17-5-12(15,16)11(13)14/h3-4,6,11H,5H2,1-2H3,(H,17,18)(H,19,20). The van der Waals surface area contributed by atoms with E-state index in [1.165, 1.54) is 6.07 Å². The van der Waals surface area contributed by atoms with Gasteiger partial charge >= 0.3 is 18.3 Å². The van der Waals surface area contributed by atoms with E-state index in [0.717, 1.165) is 6.07 Å². The van der Waals surface area contributed by atoms with Crippen molar-refractivity contribution in [2.45, 2.75) is 32.1 Å². The largest absolute Gasteiger partial charge is 0.478 e. The molecular weight excluding hydrogens is 280 g/mol. The van der Waals surface area contributed by atoms with Crippen LogP contribution in [0, 0.1) is 0 Å². The van der Waals surface area contributed by atoms with Crippen LogP contribution < -0.4 is 5.32 Å². The number of halogens is 4. The van der Waals surface area contributed by atoms with Crippen LogP contribution in [0.15, 0.2) is 12.1 Å². The summed E-state index contributed by atoms with van der Waals surface area (Å²) in [5.74, 6) is -5.77. The average molecular weight is 294 g/mol. The minimum Gasteiger partial charge on any atom is -0.478 e. The number of aromatic carboxylic acids is 1. The highest BCUT2D eigenvalue weighted by molar-refractivity contribution is 5.88. The van der Waals surface area contributed by atoms with Crippen LogP contribution in [0.2, 0.25) is 0 Å². The van der Waals surface area contributed by atoms with Crippen molar-refractivity contribution in [2.24, 2.45) is 0 Å². The second-order valence-electron chi connectivity index (χ2n) is 4.54. The molecule has 0 aliphatic carbocycles. The van der Waals surface area contributed by atoms with E-state index in [9.17, 15) is 22.4 Å². The summed E-state index contributed by atoms with van der Waals surface area (Å²) in [4.78, 5) is 14.8. The summed E-state index contributed by atoms with van der Waals surface area (Å²) in [5, 5.41) is 11.0. The molecule has 0 aliphatic heterocycles. The van der Waals surface area contributed by atoms with Crippen molar-refractivity contribution in [3.63, 3.8) is 0 Å². The van der Waals surface area contributed by atoms with Gasteiger partial charge in [0.1, 0.15) is 5.82 Å². The smallest absolute Gasteiger partial charge is 0.335 e. The van der Waals surface area contributed by atoms with E-state index in [2.05, 4.69) is 10.3 Å². The first-order valence-corrected chi connectivity index (χ1v) is 5.78. The topological polar surface area (TPSA) is 62.2 Å². The van der Waals surface area contributed by atoms with Gasteiger partial charge in [0, 0.05) is 5.69 Å². The lowest BCUT2D eigenvalue weighted by Gasteiger charge is -2.17. The predicted octanol–water partition coefficient (Wildman–Crippen LogP) is 3.22. The maximum absolute atomic E-state index is 12.8. The van der Waals surface area contributed by atoms with E-state index < -0.39 is 24.9 Å². The normalized spacial score (nSPS) is 12.0. The van der Waals surface area contributed by atoms with Crippen LogP contribution in [0.25, 0.3) is 0 Å². The monoisotopic (exact) mass is 294 g/mol. The molecule has 0 amide bonds. The summed E-state index contributed by atoms with van der Waals surface area (Å²) in [6.07, 6.45) is -3.80. The van der Waals surface area contributed by atoms with Crippen LogP contribution in [0.3, 0.4) is 0 Å². The molecule has 0 atom stereocenters. The second kappa shape index (κ2) is 6.06. The van der Waals surface area contributed by atoms with Gasteiger partial charge in [-0.25, -0.2) is 18.6 Å². The Labute approximate surface area is 112 Å². The van der Waals surface area contributed by atoms with Crippen LogP contribution in [-0.2, 0) is 0 Å². The summed E-state index contributed by atoms with van der Waals surface area (Å²) in [6.45, 7) is 2.16. The zero-order valence-electron chi connectivity index (χ0n) is 10.8. The molecule has 1 heterocycles. The molecule has 4 nitrogen and oxygen atoms in total. The molecule has 2 N–H and O–H groups in total. The third-order valence-corrected chi connectivity index (χ3v) is 2.51. The maximum atomic E-state index is 12.8. The number of carbonyl (C=O) groups is 1. The summed E-state index contributed by atoms with van der Waals surface area (Å²) in [7, 11) is 0. The molecule has 0 fully saturated rings. The van der Waals surface area contributed by atoms with E-state index in [1.54, 1.807) is 13.8 Å². The summed E-state index contributed by atoms with van der Waals surface area (Å²) in [5.41, 5.74) is 0.222. The Hall–Kier alpha value is -1.86. The van der Waals surface area contributed by atoms with Crippen molar-refractivity contribution < 1.29 is 27.5 Å². The van der Waals surface area contributed by atoms with E-state index in [4.69, 9.17) is 5.11 Å².